The Balaban J connectivity index is 2.27. The lowest BCUT2D eigenvalue weighted by molar-refractivity contribution is -0.118. The van der Waals surface area contributed by atoms with Crippen molar-refractivity contribution in [3.05, 3.63) is 35.6 Å². The lowest BCUT2D eigenvalue weighted by Crippen LogP contribution is -2.36. The average molecular weight is 238 g/mol. The van der Waals surface area contributed by atoms with Crippen LogP contribution in [0.4, 0.5) is 4.39 Å². The molecule has 0 fully saturated rings. The van der Waals surface area contributed by atoms with Crippen molar-refractivity contribution >= 4 is 5.91 Å². The van der Waals surface area contributed by atoms with Gasteiger partial charge in [-0.3, -0.25) is 4.79 Å². The minimum Gasteiger partial charge on any atom is -0.355 e. The topological polar surface area (TPSA) is 41.1 Å². The van der Waals surface area contributed by atoms with Crippen molar-refractivity contribution in [2.45, 2.75) is 26.3 Å². The molecule has 1 aromatic rings. The summed E-state index contributed by atoms with van der Waals surface area (Å²) in [6, 6.07) is 6.97. The number of hydrogen-bond donors (Lipinski definition) is 2. The summed E-state index contributed by atoms with van der Waals surface area (Å²) in [6.45, 7) is 4.77. The van der Waals surface area contributed by atoms with Gasteiger partial charge < -0.3 is 10.6 Å². The van der Waals surface area contributed by atoms with Crippen LogP contribution >= 0.6 is 0 Å². The second kappa shape index (κ2) is 7.01. The van der Waals surface area contributed by atoms with Gasteiger partial charge in [0.05, 0.1) is 0 Å². The number of rotatable bonds is 6. The van der Waals surface area contributed by atoms with E-state index >= 15 is 0 Å². The largest absolute Gasteiger partial charge is 0.355 e. The first-order valence-electron chi connectivity index (χ1n) is 5.81. The van der Waals surface area contributed by atoms with Gasteiger partial charge in [-0.15, -0.1) is 0 Å². The maximum absolute atomic E-state index is 13.4. The van der Waals surface area contributed by atoms with E-state index in [0.717, 1.165) is 0 Å². The molecule has 0 heterocycles. The summed E-state index contributed by atoms with van der Waals surface area (Å²) in [5, 5.41) is 5.93. The van der Waals surface area contributed by atoms with Gasteiger partial charge in [0, 0.05) is 26.1 Å². The molecule has 3 nitrogen and oxygen atoms in total. The summed E-state index contributed by atoms with van der Waals surface area (Å²) in [4.78, 5) is 10.6. The van der Waals surface area contributed by atoms with Gasteiger partial charge in [0.15, 0.2) is 0 Å². The van der Waals surface area contributed by atoms with Gasteiger partial charge in [0.2, 0.25) is 5.91 Å². The van der Waals surface area contributed by atoms with Gasteiger partial charge in [-0.05, 0) is 25.0 Å². The maximum atomic E-state index is 13.4. The highest BCUT2D eigenvalue weighted by atomic mass is 19.1. The van der Waals surface area contributed by atoms with Gasteiger partial charge >= 0.3 is 0 Å². The van der Waals surface area contributed by atoms with Crippen LogP contribution in [0.5, 0.6) is 0 Å². The first kappa shape index (κ1) is 13.6. The Bertz CT molecular complexity index is 368. The monoisotopic (exact) mass is 238 g/mol. The molecular weight excluding hydrogens is 219 g/mol. The van der Waals surface area contributed by atoms with E-state index in [1.54, 1.807) is 12.1 Å². The third-order valence-corrected chi connectivity index (χ3v) is 2.48. The van der Waals surface area contributed by atoms with E-state index < -0.39 is 0 Å². The van der Waals surface area contributed by atoms with Gasteiger partial charge in [-0.2, -0.15) is 0 Å². The number of carbonyl (C=O) groups is 1. The minimum absolute atomic E-state index is 0.0337. The molecule has 0 saturated heterocycles. The second-order valence-corrected chi connectivity index (χ2v) is 4.13. The molecule has 1 atom stereocenters. The van der Waals surface area contributed by atoms with E-state index in [1.165, 1.54) is 13.0 Å². The van der Waals surface area contributed by atoms with Crippen LogP contribution in [0.2, 0.25) is 0 Å². The Morgan fingerprint density at radius 1 is 1.35 bits per heavy atom. The van der Waals surface area contributed by atoms with Gasteiger partial charge in [-0.25, -0.2) is 4.39 Å². The van der Waals surface area contributed by atoms with E-state index in [2.05, 4.69) is 10.6 Å². The lowest BCUT2D eigenvalue weighted by Gasteiger charge is -2.14. The van der Waals surface area contributed by atoms with E-state index in [-0.39, 0.29) is 17.8 Å². The quantitative estimate of drug-likeness (QED) is 0.737. The fraction of sp³-hybridized carbons (Fsp3) is 0.462. The minimum atomic E-state index is -0.164. The Morgan fingerprint density at radius 3 is 2.71 bits per heavy atom. The van der Waals surface area contributed by atoms with Crippen LogP contribution in [-0.4, -0.2) is 25.0 Å². The maximum Gasteiger partial charge on any atom is 0.216 e. The Kier molecular flexibility index (Phi) is 5.63. The van der Waals surface area contributed by atoms with E-state index in [1.807, 2.05) is 13.0 Å². The van der Waals surface area contributed by atoms with Crippen molar-refractivity contribution < 1.29 is 9.18 Å². The molecular formula is C13H19FN2O. The number of halogens is 1. The van der Waals surface area contributed by atoms with Crippen molar-refractivity contribution in [2.24, 2.45) is 0 Å². The zero-order valence-corrected chi connectivity index (χ0v) is 10.3. The number of amides is 1. The molecule has 17 heavy (non-hydrogen) atoms. The van der Waals surface area contributed by atoms with Gasteiger partial charge in [-0.1, -0.05) is 18.2 Å². The molecule has 0 bridgehead atoms. The summed E-state index contributed by atoms with van der Waals surface area (Å²) in [5.41, 5.74) is 0.715. The predicted molar refractivity (Wildman–Crippen MR) is 66.3 cm³/mol. The van der Waals surface area contributed by atoms with Crippen molar-refractivity contribution in [2.75, 3.05) is 13.1 Å². The van der Waals surface area contributed by atoms with Crippen molar-refractivity contribution in [3.8, 4) is 0 Å². The lowest BCUT2D eigenvalue weighted by atomic mass is 10.1. The standard InChI is InChI=1S/C13H19FN2O/c1-10(15-7-8-16-11(2)17)9-12-5-3-4-6-13(12)14/h3-6,10,15H,7-9H2,1-2H3,(H,16,17). The zero-order chi connectivity index (χ0) is 12.7. The summed E-state index contributed by atoms with van der Waals surface area (Å²) < 4.78 is 13.4. The fourth-order valence-electron chi connectivity index (χ4n) is 1.62. The number of hydrogen-bond acceptors (Lipinski definition) is 2. The zero-order valence-electron chi connectivity index (χ0n) is 10.3. The van der Waals surface area contributed by atoms with E-state index in [9.17, 15) is 9.18 Å². The Hall–Kier alpha value is -1.42. The van der Waals surface area contributed by atoms with E-state index in [4.69, 9.17) is 0 Å². The SMILES string of the molecule is CC(=O)NCCNC(C)Cc1ccccc1F. The molecule has 0 saturated carbocycles. The van der Waals surface area contributed by atoms with E-state index in [0.29, 0.717) is 25.1 Å². The molecule has 1 unspecified atom stereocenters. The smallest absolute Gasteiger partial charge is 0.216 e. The summed E-state index contributed by atoms with van der Waals surface area (Å²) in [5.74, 6) is -0.198. The van der Waals surface area contributed by atoms with Crippen LogP contribution in [0.1, 0.15) is 19.4 Å². The molecule has 0 aliphatic carbocycles. The highest BCUT2D eigenvalue weighted by Crippen LogP contribution is 2.08. The van der Waals surface area contributed by atoms with Crippen molar-refractivity contribution in [1.29, 1.82) is 0 Å². The van der Waals surface area contributed by atoms with Crippen molar-refractivity contribution in [1.82, 2.24) is 10.6 Å². The van der Waals surface area contributed by atoms with Crippen LogP contribution in [0, 0.1) is 5.82 Å². The Morgan fingerprint density at radius 2 is 2.06 bits per heavy atom. The fourth-order valence-corrected chi connectivity index (χ4v) is 1.62. The molecule has 4 heteroatoms. The third kappa shape index (κ3) is 5.45. The summed E-state index contributed by atoms with van der Waals surface area (Å²) in [6.07, 6.45) is 0.646. The van der Waals surface area contributed by atoms with Gasteiger partial charge in [0.25, 0.3) is 0 Å². The summed E-state index contributed by atoms with van der Waals surface area (Å²) in [7, 11) is 0. The van der Waals surface area contributed by atoms with Crippen LogP contribution in [0.3, 0.4) is 0 Å². The first-order chi connectivity index (χ1) is 8.09. The van der Waals surface area contributed by atoms with Crippen LogP contribution in [0.15, 0.2) is 24.3 Å². The molecule has 2 N–H and O–H groups in total. The highest BCUT2D eigenvalue weighted by Gasteiger charge is 2.06. The first-order valence-corrected chi connectivity index (χ1v) is 5.81. The molecule has 0 radical (unpaired) electrons. The molecule has 0 aliphatic rings. The number of benzene rings is 1. The third-order valence-electron chi connectivity index (χ3n) is 2.48. The Labute approximate surface area is 101 Å². The number of carbonyl (C=O) groups excluding carboxylic acids is 1. The van der Waals surface area contributed by atoms with Crippen LogP contribution < -0.4 is 10.6 Å². The normalized spacial score (nSPS) is 12.2. The van der Waals surface area contributed by atoms with Crippen LogP contribution in [-0.2, 0) is 11.2 Å². The average Bonchev–Trinajstić information content (AvgIpc) is 2.27. The van der Waals surface area contributed by atoms with Crippen molar-refractivity contribution in [3.63, 3.8) is 0 Å². The molecule has 1 aromatic carbocycles. The van der Waals surface area contributed by atoms with Crippen LogP contribution in [0.25, 0.3) is 0 Å². The number of nitrogens with one attached hydrogen (secondary N) is 2. The summed E-state index contributed by atoms with van der Waals surface area (Å²) >= 11 is 0. The molecule has 94 valence electrons. The molecule has 0 aromatic heterocycles. The molecule has 0 spiro atoms. The van der Waals surface area contributed by atoms with Gasteiger partial charge in [0.1, 0.15) is 5.82 Å². The predicted octanol–water partition coefficient (Wildman–Crippen LogP) is 1.48. The highest BCUT2D eigenvalue weighted by molar-refractivity contribution is 5.72. The second-order valence-electron chi connectivity index (χ2n) is 4.13. The molecule has 1 rings (SSSR count). The molecule has 0 aliphatic heterocycles. The molecule has 1 amide bonds.